The molecule has 2 aromatic carbocycles. The van der Waals surface area contributed by atoms with Gasteiger partial charge in [0.25, 0.3) is 0 Å². The van der Waals surface area contributed by atoms with E-state index in [0.717, 1.165) is 16.9 Å². The summed E-state index contributed by atoms with van der Waals surface area (Å²) in [6.07, 6.45) is 2.23. The molecule has 1 amide bonds. The SMILES string of the molecule is O=C(CCc1ccc(Br)cc1F)NCc1cccc(COCc2ccco2)c1. The molecule has 0 saturated heterocycles. The van der Waals surface area contributed by atoms with Crippen molar-refractivity contribution in [3.8, 4) is 0 Å². The van der Waals surface area contributed by atoms with Crippen LogP contribution in [0.15, 0.2) is 69.8 Å². The number of carbonyl (C=O) groups excluding carboxylic acids is 1. The fourth-order valence-corrected chi connectivity index (χ4v) is 3.09. The van der Waals surface area contributed by atoms with Gasteiger partial charge in [-0.05, 0) is 47.4 Å². The largest absolute Gasteiger partial charge is 0.467 e. The van der Waals surface area contributed by atoms with Crippen molar-refractivity contribution in [3.63, 3.8) is 0 Å². The van der Waals surface area contributed by atoms with Crippen LogP contribution in [0.4, 0.5) is 4.39 Å². The third-order valence-corrected chi connectivity index (χ3v) is 4.70. The number of rotatable bonds is 9. The summed E-state index contributed by atoms with van der Waals surface area (Å²) >= 11 is 3.23. The molecule has 6 heteroatoms. The summed E-state index contributed by atoms with van der Waals surface area (Å²) in [5.41, 5.74) is 2.55. The number of ether oxygens (including phenoxy) is 1. The van der Waals surface area contributed by atoms with Gasteiger partial charge >= 0.3 is 0 Å². The highest BCUT2D eigenvalue weighted by atomic mass is 79.9. The number of nitrogens with one attached hydrogen (secondary N) is 1. The molecule has 1 heterocycles. The van der Waals surface area contributed by atoms with Crippen LogP contribution >= 0.6 is 15.9 Å². The molecule has 3 rings (SSSR count). The minimum Gasteiger partial charge on any atom is -0.467 e. The summed E-state index contributed by atoms with van der Waals surface area (Å²) in [4.78, 5) is 12.1. The number of hydrogen-bond acceptors (Lipinski definition) is 3. The molecular weight excluding hydrogens is 425 g/mol. The first-order valence-electron chi connectivity index (χ1n) is 8.99. The lowest BCUT2D eigenvalue weighted by molar-refractivity contribution is -0.121. The molecule has 1 aromatic heterocycles. The smallest absolute Gasteiger partial charge is 0.220 e. The predicted molar refractivity (Wildman–Crippen MR) is 108 cm³/mol. The number of halogens is 2. The zero-order valence-electron chi connectivity index (χ0n) is 15.3. The quantitative estimate of drug-likeness (QED) is 0.495. The predicted octanol–water partition coefficient (Wildman–Crippen LogP) is 5.15. The van der Waals surface area contributed by atoms with Crippen LogP contribution in [0.2, 0.25) is 0 Å². The standard InChI is InChI=1S/C22H21BrFNO3/c23-19-8-6-18(21(24)12-19)7-9-22(26)25-13-16-3-1-4-17(11-16)14-27-15-20-5-2-10-28-20/h1-6,8,10-12H,7,9,13-15H2,(H,25,26). The molecule has 0 spiro atoms. The van der Waals surface area contributed by atoms with E-state index in [9.17, 15) is 9.18 Å². The van der Waals surface area contributed by atoms with Gasteiger partial charge < -0.3 is 14.5 Å². The van der Waals surface area contributed by atoms with E-state index in [1.807, 2.05) is 36.4 Å². The third-order valence-electron chi connectivity index (χ3n) is 4.21. The highest BCUT2D eigenvalue weighted by Gasteiger charge is 2.07. The fraction of sp³-hybridized carbons (Fsp3) is 0.227. The van der Waals surface area contributed by atoms with Crippen LogP contribution in [0.1, 0.15) is 28.9 Å². The molecule has 0 aliphatic rings. The highest BCUT2D eigenvalue weighted by molar-refractivity contribution is 9.10. The summed E-state index contributed by atoms with van der Waals surface area (Å²) in [7, 11) is 0. The summed E-state index contributed by atoms with van der Waals surface area (Å²) < 4.78 is 25.4. The first kappa shape index (κ1) is 20.3. The Labute approximate surface area is 171 Å². The van der Waals surface area contributed by atoms with Crippen LogP contribution in [0.25, 0.3) is 0 Å². The molecule has 0 fully saturated rings. The fourth-order valence-electron chi connectivity index (χ4n) is 2.76. The summed E-state index contributed by atoms with van der Waals surface area (Å²) in [5, 5.41) is 2.88. The molecular formula is C22H21BrFNO3. The number of amides is 1. The average molecular weight is 446 g/mol. The van der Waals surface area contributed by atoms with Gasteiger partial charge in [0.2, 0.25) is 5.91 Å². The Hall–Kier alpha value is -2.44. The monoisotopic (exact) mass is 445 g/mol. The van der Waals surface area contributed by atoms with Gasteiger partial charge in [0.15, 0.2) is 0 Å². The molecule has 0 aliphatic heterocycles. The molecule has 146 valence electrons. The van der Waals surface area contributed by atoms with Crippen molar-refractivity contribution in [1.82, 2.24) is 5.32 Å². The first-order valence-corrected chi connectivity index (χ1v) is 9.78. The van der Waals surface area contributed by atoms with Crippen LogP contribution in [0.5, 0.6) is 0 Å². The molecule has 0 unspecified atom stereocenters. The van der Waals surface area contributed by atoms with Crippen molar-refractivity contribution in [2.75, 3.05) is 0 Å². The van der Waals surface area contributed by atoms with Crippen molar-refractivity contribution in [2.45, 2.75) is 32.6 Å². The van der Waals surface area contributed by atoms with Crippen LogP contribution in [0.3, 0.4) is 0 Å². The Balaban J connectivity index is 1.42. The molecule has 4 nitrogen and oxygen atoms in total. The highest BCUT2D eigenvalue weighted by Crippen LogP contribution is 2.16. The Kier molecular flexibility index (Phi) is 7.39. The molecule has 0 bridgehead atoms. The average Bonchev–Trinajstić information content (AvgIpc) is 3.19. The lowest BCUT2D eigenvalue weighted by atomic mass is 10.1. The van der Waals surface area contributed by atoms with Gasteiger partial charge in [0.1, 0.15) is 18.2 Å². The van der Waals surface area contributed by atoms with Crippen LogP contribution < -0.4 is 5.32 Å². The van der Waals surface area contributed by atoms with Crippen molar-refractivity contribution in [2.24, 2.45) is 0 Å². The third kappa shape index (κ3) is 6.32. The van der Waals surface area contributed by atoms with E-state index in [1.54, 1.807) is 18.4 Å². The van der Waals surface area contributed by atoms with E-state index in [0.29, 0.717) is 36.2 Å². The molecule has 3 aromatic rings. The minimum absolute atomic E-state index is 0.109. The van der Waals surface area contributed by atoms with Crippen molar-refractivity contribution in [1.29, 1.82) is 0 Å². The molecule has 0 atom stereocenters. The maximum atomic E-state index is 13.8. The lowest BCUT2D eigenvalue weighted by Crippen LogP contribution is -2.23. The van der Waals surface area contributed by atoms with E-state index in [-0.39, 0.29) is 18.1 Å². The first-order chi connectivity index (χ1) is 13.6. The molecule has 0 aliphatic carbocycles. The molecule has 0 saturated carbocycles. The molecule has 0 radical (unpaired) electrons. The Morgan fingerprint density at radius 1 is 1.07 bits per heavy atom. The zero-order valence-corrected chi connectivity index (χ0v) is 16.9. The summed E-state index contributed by atoms with van der Waals surface area (Å²) in [5.74, 6) is 0.372. The zero-order chi connectivity index (χ0) is 19.8. The second-order valence-corrected chi connectivity index (χ2v) is 7.32. The number of hydrogen-bond donors (Lipinski definition) is 1. The number of carbonyl (C=O) groups is 1. The van der Waals surface area contributed by atoms with Gasteiger partial charge in [-0.3, -0.25) is 4.79 Å². The van der Waals surface area contributed by atoms with Gasteiger partial charge in [-0.2, -0.15) is 0 Å². The minimum atomic E-state index is -0.301. The van der Waals surface area contributed by atoms with E-state index < -0.39 is 0 Å². The maximum absolute atomic E-state index is 13.8. The van der Waals surface area contributed by atoms with E-state index >= 15 is 0 Å². The Morgan fingerprint density at radius 2 is 1.93 bits per heavy atom. The number of aryl methyl sites for hydroxylation is 1. The van der Waals surface area contributed by atoms with E-state index in [1.165, 1.54) is 6.07 Å². The van der Waals surface area contributed by atoms with Gasteiger partial charge in [-0.1, -0.05) is 46.3 Å². The van der Waals surface area contributed by atoms with Crippen molar-refractivity contribution in [3.05, 3.63) is 93.6 Å². The second kappa shape index (κ2) is 10.2. The summed E-state index contributed by atoms with van der Waals surface area (Å²) in [6.45, 7) is 1.31. The topological polar surface area (TPSA) is 51.5 Å². The lowest BCUT2D eigenvalue weighted by Gasteiger charge is -2.08. The van der Waals surface area contributed by atoms with Gasteiger partial charge in [-0.15, -0.1) is 0 Å². The number of furan rings is 1. The van der Waals surface area contributed by atoms with Crippen LogP contribution in [0, 0.1) is 5.82 Å². The molecule has 1 N–H and O–H groups in total. The normalized spacial score (nSPS) is 10.8. The van der Waals surface area contributed by atoms with Crippen LogP contribution in [-0.2, 0) is 35.7 Å². The second-order valence-electron chi connectivity index (χ2n) is 6.40. The van der Waals surface area contributed by atoms with Gasteiger partial charge in [0.05, 0.1) is 12.9 Å². The Morgan fingerprint density at radius 3 is 2.71 bits per heavy atom. The van der Waals surface area contributed by atoms with Crippen molar-refractivity contribution >= 4 is 21.8 Å². The summed E-state index contributed by atoms with van der Waals surface area (Å²) in [6, 6.07) is 16.4. The van der Waals surface area contributed by atoms with E-state index in [2.05, 4.69) is 21.2 Å². The van der Waals surface area contributed by atoms with Crippen molar-refractivity contribution < 1.29 is 18.3 Å². The van der Waals surface area contributed by atoms with Gasteiger partial charge in [0, 0.05) is 17.4 Å². The van der Waals surface area contributed by atoms with E-state index in [4.69, 9.17) is 9.15 Å². The van der Waals surface area contributed by atoms with Gasteiger partial charge in [-0.25, -0.2) is 4.39 Å². The van der Waals surface area contributed by atoms with Crippen LogP contribution in [-0.4, -0.2) is 5.91 Å². The molecule has 28 heavy (non-hydrogen) atoms. The Bertz CT molecular complexity index is 912. The maximum Gasteiger partial charge on any atom is 0.220 e. The number of benzene rings is 2.